The van der Waals surface area contributed by atoms with Gasteiger partial charge < -0.3 is 9.84 Å². The molecule has 0 saturated heterocycles. The molecule has 2 amide bonds. The summed E-state index contributed by atoms with van der Waals surface area (Å²) in [6, 6.07) is 6.77. The Kier molecular flexibility index (Phi) is 7.17. The summed E-state index contributed by atoms with van der Waals surface area (Å²) in [5.74, 6) is -1.93. The van der Waals surface area contributed by atoms with Crippen LogP contribution in [0.5, 0.6) is 5.75 Å². The molecule has 2 aromatic rings. The molecule has 1 aromatic carbocycles. The molecular formula is C20H24N2O5S. The Labute approximate surface area is 167 Å². The molecule has 1 heterocycles. The Hall–Kier alpha value is -2.87. The van der Waals surface area contributed by atoms with Crippen molar-refractivity contribution in [2.24, 2.45) is 0 Å². The van der Waals surface area contributed by atoms with Crippen LogP contribution < -0.4 is 10.9 Å². The predicted octanol–water partition coefficient (Wildman–Crippen LogP) is 3.32. The van der Waals surface area contributed by atoms with Crippen molar-refractivity contribution >= 4 is 29.1 Å². The van der Waals surface area contributed by atoms with E-state index in [1.54, 1.807) is 23.6 Å². The van der Waals surface area contributed by atoms with E-state index >= 15 is 0 Å². The third-order valence-corrected chi connectivity index (χ3v) is 4.93. The maximum absolute atomic E-state index is 12.4. The van der Waals surface area contributed by atoms with Crippen LogP contribution in [0.25, 0.3) is 0 Å². The number of thiophene rings is 1. The second-order valence-corrected chi connectivity index (χ2v) is 7.82. The van der Waals surface area contributed by atoms with Gasteiger partial charge in [0.05, 0.1) is 4.88 Å². The van der Waals surface area contributed by atoms with E-state index in [2.05, 4.69) is 10.9 Å². The number of hydrogen-bond donors (Lipinski definition) is 3. The van der Waals surface area contributed by atoms with Crippen molar-refractivity contribution in [2.45, 2.75) is 39.5 Å². The smallest absolute Gasteiger partial charge is 0.342 e. The van der Waals surface area contributed by atoms with E-state index in [4.69, 9.17) is 4.74 Å². The van der Waals surface area contributed by atoms with Gasteiger partial charge >= 0.3 is 5.97 Å². The first kappa shape index (κ1) is 21.4. The van der Waals surface area contributed by atoms with Crippen molar-refractivity contribution in [2.75, 3.05) is 6.61 Å². The molecule has 0 saturated carbocycles. The Morgan fingerprint density at radius 2 is 1.82 bits per heavy atom. The summed E-state index contributed by atoms with van der Waals surface area (Å²) < 4.78 is 5.00. The molecule has 1 aromatic heterocycles. The fraction of sp³-hybridized carbons (Fsp3) is 0.350. The van der Waals surface area contributed by atoms with Crippen LogP contribution in [-0.2, 0) is 9.53 Å². The first-order chi connectivity index (χ1) is 13.2. The Morgan fingerprint density at radius 1 is 1.11 bits per heavy atom. The highest BCUT2D eigenvalue weighted by Gasteiger charge is 2.21. The fourth-order valence-electron chi connectivity index (χ4n) is 2.45. The third kappa shape index (κ3) is 5.32. The summed E-state index contributed by atoms with van der Waals surface area (Å²) in [6.45, 7) is 7.20. The summed E-state index contributed by atoms with van der Waals surface area (Å²) in [5, 5.41) is 12.2. The molecule has 0 unspecified atom stereocenters. The van der Waals surface area contributed by atoms with Crippen LogP contribution in [0.1, 0.15) is 70.7 Å². The van der Waals surface area contributed by atoms with E-state index in [0.717, 1.165) is 5.56 Å². The van der Waals surface area contributed by atoms with E-state index in [9.17, 15) is 19.5 Å². The lowest BCUT2D eigenvalue weighted by molar-refractivity contribution is -0.125. The number of rotatable bonds is 6. The maximum Gasteiger partial charge on any atom is 0.342 e. The zero-order valence-electron chi connectivity index (χ0n) is 16.2. The van der Waals surface area contributed by atoms with Crippen LogP contribution in [0, 0.1) is 0 Å². The minimum Gasteiger partial charge on any atom is -0.507 e. The summed E-state index contributed by atoms with van der Waals surface area (Å²) in [4.78, 5) is 36.4. The topological polar surface area (TPSA) is 105 Å². The highest BCUT2D eigenvalue weighted by molar-refractivity contribution is 7.12. The standard InChI is InChI=1S/C20H24N2O5S/c1-11(2)13-8-14(12(3)4)18(24)15(9-13)20(26)27-10-17(23)21-22-19(25)16-6-5-7-28-16/h5-9,11-12,24H,10H2,1-4H3,(H,21,23)(H,22,25). The number of benzene rings is 1. The minimum absolute atomic E-state index is 0.0148. The van der Waals surface area contributed by atoms with Gasteiger partial charge in [0.2, 0.25) is 0 Å². The number of hydrogen-bond acceptors (Lipinski definition) is 6. The fourth-order valence-corrected chi connectivity index (χ4v) is 3.07. The van der Waals surface area contributed by atoms with E-state index in [1.165, 1.54) is 11.3 Å². The van der Waals surface area contributed by atoms with Crippen molar-refractivity contribution in [3.8, 4) is 5.75 Å². The first-order valence-corrected chi connectivity index (χ1v) is 9.75. The second-order valence-electron chi connectivity index (χ2n) is 6.87. The van der Waals surface area contributed by atoms with Crippen molar-refractivity contribution in [3.63, 3.8) is 0 Å². The molecule has 0 radical (unpaired) electrons. The number of phenolic OH excluding ortho intramolecular Hbond substituents is 1. The minimum atomic E-state index is -0.804. The van der Waals surface area contributed by atoms with E-state index in [-0.39, 0.29) is 23.1 Å². The van der Waals surface area contributed by atoms with Gasteiger partial charge in [0.1, 0.15) is 11.3 Å². The number of amides is 2. The number of carbonyl (C=O) groups is 3. The van der Waals surface area contributed by atoms with Gasteiger partial charge in [-0.3, -0.25) is 20.4 Å². The van der Waals surface area contributed by atoms with Gasteiger partial charge in [-0.25, -0.2) is 4.79 Å². The number of hydrazine groups is 1. The summed E-state index contributed by atoms with van der Waals surface area (Å²) in [7, 11) is 0. The van der Waals surface area contributed by atoms with Gasteiger partial charge in [-0.05, 0) is 40.5 Å². The normalized spacial score (nSPS) is 10.8. The van der Waals surface area contributed by atoms with Crippen LogP contribution in [-0.4, -0.2) is 29.5 Å². The van der Waals surface area contributed by atoms with Crippen molar-refractivity contribution in [3.05, 3.63) is 51.2 Å². The number of phenols is 1. The van der Waals surface area contributed by atoms with Crippen LogP contribution >= 0.6 is 11.3 Å². The molecule has 2 rings (SSSR count). The van der Waals surface area contributed by atoms with E-state index in [0.29, 0.717) is 10.4 Å². The molecule has 0 aliphatic carbocycles. The third-order valence-electron chi connectivity index (χ3n) is 4.07. The lowest BCUT2D eigenvalue weighted by Gasteiger charge is -2.16. The van der Waals surface area contributed by atoms with E-state index < -0.39 is 24.4 Å². The maximum atomic E-state index is 12.4. The lowest BCUT2D eigenvalue weighted by Crippen LogP contribution is -2.43. The largest absolute Gasteiger partial charge is 0.507 e. The van der Waals surface area contributed by atoms with Gasteiger partial charge in [-0.2, -0.15) is 0 Å². The number of aromatic hydroxyl groups is 1. The van der Waals surface area contributed by atoms with Gasteiger partial charge in [0.15, 0.2) is 6.61 Å². The molecule has 28 heavy (non-hydrogen) atoms. The molecule has 0 fully saturated rings. The van der Waals surface area contributed by atoms with Gasteiger partial charge in [-0.1, -0.05) is 39.8 Å². The highest BCUT2D eigenvalue weighted by atomic mass is 32.1. The van der Waals surface area contributed by atoms with Gasteiger partial charge in [0.25, 0.3) is 11.8 Å². The SMILES string of the molecule is CC(C)c1cc(C(=O)OCC(=O)NNC(=O)c2cccs2)c(O)c(C(C)C)c1. The quantitative estimate of drug-likeness (QED) is 0.506. The Morgan fingerprint density at radius 3 is 2.39 bits per heavy atom. The molecule has 150 valence electrons. The zero-order valence-corrected chi connectivity index (χ0v) is 17.1. The summed E-state index contributed by atoms with van der Waals surface area (Å²) >= 11 is 1.23. The molecule has 8 heteroatoms. The van der Waals surface area contributed by atoms with Gasteiger partial charge in [-0.15, -0.1) is 11.3 Å². The monoisotopic (exact) mass is 404 g/mol. The second kappa shape index (κ2) is 9.36. The average Bonchev–Trinajstić information content (AvgIpc) is 3.18. The number of carbonyl (C=O) groups excluding carboxylic acids is 3. The number of nitrogens with one attached hydrogen (secondary N) is 2. The van der Waals surface area contributed by atoms with Crippen molar-refractivity contribution < 1.29 is 24.2 Å². The number of esters is 1. The zero-order chi connectivity index (χ0) is 20.8. The first-order valence-electron chi connectivity index (χ1n) is 8.87. The lowest BCUT2D eigenvalue weighted by atomic mass is 9.92. The summed E-state index contributed by atoms with van der Waals surface area (Å²) in [5.41, 5.74) is 5.97. The molecule has 7 nitrogen and oxygen atoms in total. The molecule has 0 bridgehead atoms. The number of ether oxygens (including phenoxy) is 1. The van der Waals surface area contributed by atoms with Crippen molar-refractivity contribution in [1.29, 1.82) is 0 Å². The van der Waals surface area contributed by atoms with Crippen LogP contribution in [0.2, 0.25) is 0 Å². The predicted molar refractivity (Wildman–Crippen MR) is 106 cm³/mol. The van der Waals surface area contributed by atoms with Crippen LogP contribution in [0.15, 0.2) is 29.6 Å². The highest BCUT2D eigenvalue weighted by Crippen LogP contribution is 2.33. The molecule has 3 N–H and O–H groups in total. The van der Waals surface area contributed by atoms with Gasteiger partial charge in [0, 0.05) is 0 Å². The Balaban J connectivity index is 2.00. The van der Waals surface area contributed by atoms with Crippen LogP contribution in [0.4, 0.5) is 0 Å². The molecule has 0 aliphatic heterocycles. The van der Waals surface area contributed by atoms with Crippen molar-refractivity contribution in [1.82, 2.24) is 10.9 Å². The van der Waals surface area contributed by atoms with Crippen LogP contribution in [0.3, 0.4) is 0 Å². The van der Waals surface area contributed by atoms with E-state index in [1.807, 2.05) is 33.8 Å². The molecule has 0 aliphatic rings. The molecule has 0 spiro atoms. The Bertz CT molecular complexity index is 860. The molecular weight excluding hydrogens is 380 g/mol. The average molecular weight is 404 g/mol. The molecule has 0 atom stereocenters. The summed E-state index contributed by atoms with van der Waals surface area (Å²) in [6.07, 6.45) is 0.